The average Bonchev–Trinajstić information content (AvgIpc) is 2.30. The Morgan fingerprint density at radius 2 is 2.12 bits per heavy atom. The summed E-state index contributed by atoms with van der Waals surface area (Å²) in [5.74, 6) is 0.390. The molecular weight excluding hydrogens is 242 g/mol. The Labute approximate surface area is 106 Å². The summed E-state index contributed by atoms with van der Waals surface area (Å²) in [6.45, 7) is 3.55. The van der Waals surface area contributed by atoms with Gasteiger partial charge in [0.2, 0.25) is 0 Å². The predicted octanol–water partition coefficient (Wildman–Crippen LogP) is 2.44. The van der Waals surface area contributed by atoms with Crippen molar-refractivity contribution in [2.75, 3.05) is 14.2 Å². The Bertz CT molecular complexity index is 409. The molecule has 0 saturated carbocycles. The highest BCUT2D eigenvalue weighted by atomic mass is 35.5. The molecular formula is C12H16ClNO3. The SMILES string of the molecule is CON(C)C(=O)C(C)Oc1ccc(Cl)cc1C. The molecule has 0 heterocycles. The van der Waals surface area contributed by atoms with Gasteiger partial charge in [0.1, 0.15) is 5.75 Å². The Hall–Kier alpha value is -1.26. The fourth-order valence-electron chi connectivity index (χ4n) is 1.33. The van der Waals surface area contributed by atoms with Crippen LogP contribution in [0.2, 0.25) is 5.02 Å². The lowest BCUT2D eigenvalue weighted by molar-refractivity contribution is -0.175. The summed E-state index contributed by atoms with van der Waals surface area (Å²) >= 11 is 5.84. The predicted molar refractivity (Wildman–Crippen MR) is 66.1 cm³/mol. The fraction of sp³-hybridized carbons (Fsp3) is 0.417. The standard InChI is InChI=1S/C12H16ClNO3/c1-8-7-10(13)5-6-11(8)17-9(2)12(15)14(3)16-4/h5-7,9H,1-4H3. The van der Waals surface area contributed by atoms with E-state index in [1.165, 1.54) is 14.2 Å². The summed E-state index contributed by atoms with van der Waals surface area (Å²) in [5.41, 5.74) is 0.886. The van der Waals surface area contributed by atoms with Crippen LogP contribution in [0.25, 0.3) is 0 Å². The molecule has 1 aromatic carbocycles. The zero-order valence-electron chi connectivity index (χ0n) is 10.4. The van der Waals surface area contributed by atoms with Crippen molar-refractivity contribution in [1.29, 1.82) is 0 Å². The van der Waals surface area contributed by atoms with Crippen molar-refractivity contribution in [2.24, 2.45) is 0 Å². The number of hydrogen-bond donors (Lipinski definition) is 0. The Kier molecular flexibility index (Phi) is 4.78. The Morgan fingerprint density at radius 3 is 2.65 bits per heavy atom. The second-order valence-corrected chi connectivity index (χ2v) is 4.12. The number of aryl methyl sites for hydroxylation is 1. The number of benzene rings is 1. The molecule has 94 valence electrons. The van der Waals surface area contributed by atoms with Crippen LogP contribution >= 0.6 is 11.6 Å². The van der Waals surface area contributed by atoms with Gasteiger partial charge in [-0.3, -0.25) is 9.63 Å². The first kappa shape index (κ1) is 13.8. The molecule has 0 fully saturated rings. The number of likely N-dealkylation sites (N-methyl/N-ethyl adjacent to an activating group) is 1. The number of halogens is 1. The maximum atomic E-state index is 11.7. The minimum atomic E-state index is -0.611. The number of hydroxylamine groups is 2. The van der Waals surface area contributed by atoms with Crippen molar-refractivity contribution >= 4 is 17.5 Å². The molecule has 0 aliphatic carbocycles. The van der Waals surface area contributed by atoms with Gasteiger partial charge in [-0.2, -0.15) is 0 Å². The number of amides is 1. The molecule has 0 aliphatic heterocycles. The molecule has 0 aliphatic rings. The van der Waals surface area contributed by atoms with E-state index in [9.17, 15) is 4.79 Å². The monoisotopic (exact) mass is 257 g/mol. The van der Waals surface area contributed by atoms with Gasteiger partial charge in [-0.15, -0.1) is 0 Å². The van der Waals surface area contributed by atoms with Gasteiger partial charge in [0.15, 0.2) is 6.10 Å². The van der Waals surface area contributed by atoms with E-state index in [1.54, 1.807) is 25.1 Å². The zero-order valence-corrected chi connectivity index (χ0v) is 11.1. The fourth-order valence-corrected chi connectivity index (χ4v) is 1.56. The maximum absolute atomic E-state index is 11.7. The molecule has 1 unspecified atom stereocenters. The highest BCUT2D eigenvalue weighted by molar-refractivity contribution is 6.30. The molecule has 0 bridgehead atoms. The van der Waals surface area contributed by atoms with Gasteiger partial charge in [0.05, 0.1) is 7.11 Å². The normalized spacial score (nSPS) is 12.1. The Morgan fingerprint density at radius 1 is 1.47 bits per heavy atom. The van der Waals surface area contributed by atoms with Crippen LogP contribution in [0.1, 0.15) is 12.5 Å². The van der Waals surface area contributed by atoms with Crippen molar-refractivity contribution < 1.29 is 14.4 Å². The number of hydrogen-bond acceptors (Lipinski definition) is 3. The van der Waals surface area contributed by atoms with Gasteiger partial charge >= 0.3 is 0 Å². The van der Waals surface area contributed by atoms with Crippen LogP contribution in [0, 0.1) is 6.92 Å². The van der Waals surface area contributed by atoms with E-state index >= 15 is 0 Å². The second kappa shape index (κ2) is 5.89. The first-order valence-electron chi connectivity index (χ1n) is 5.20. The molecule has 0 radical (unpaired) electrons. The molecule has 0 saturated heterocycles. The van der Waals surface area contributed by atoms with Gasteiger partial charge < -0.3 is 4.74 Å². The lowest BCUT2D eigenvalue weighted by Crippen LogP contribution is -2.37. The molecule has 17 heavy (non-hydrogen) atoms. The zero-order chi connectivity index (χ0) is 13.0. The summed E-state index contributed by atoms with van der Waals surface area (Å²) in [6.07, 6.45) is -0.611. The van der Waals surface area contributed by atoms with Crippen molar-refractivity contribution in [3.05, 3.63) is 28.8 Å². The van der Waals surface area contributed by atoms with Gasteiger partial charge in [-0.05, 0) is 37.6 Å². The van der Waals surface area contributed by atoms with Gasteiger partial charge in [0.25, 0.3) is 5.91 Å². The molecule has 0 spiro atoms. The van der Waals surface area contributed by atoms with Crippen LogP contribution in [-0.2, 0) is 9.63 Å². The first-order chi connectivity index (χ1) is 7.95. The van der Waals surface area contributed by atoms with Crippen LogP contribution in [0.4, 0.5) is 0 Å². The maximum Gasteiger partial charge on any atom is 0.286 e. The van der Waals surface area contributed by atoms with Crippen LogP contribution in [0.15, 0.2) is 18.2 Å². The molecule has 0 aromatic heterocycles. The molecule has 4 nitrogen and oxygen atoms in total. The van der Waals surface area contributed by atoms with E-state index < -0.39 is 6.10 Å². The van der Waals surface area contributed by atoms with Crippen molar-refractivity contribution in [3.63, 3.8) is 0 Å². The minimum absolute atomic E-state index is 0.248. The van der Waals surface area contributed by atoms with E-state index in [0.717, 1.165) is 10.6 Å². The highest BCUT2D eigenvalue weighted by Gasteiger charge is 2.19. The smallest absolute Gasteiger partial charge is 0.286 e. The molecule has 1 rings (SSSR count). The third-order valence-corrected chi connectivity index (χ3v) is 2.61. The van der Waals surface area contributed by atoms with E-state index in [1.807, 2.05) is 6.92 Å². The van der Waals surface area contributed by atoms with Crippen LogP contribution in [0.5, 0.6) is 5.75 Å². The van der Waals surface area contributed by atoms with Gasteiger partial charge in [-0.25, -0.2) is 5.06 Å². The summed E-state index contributed by atoms with van der Waals surface area (Å²) in [6, 6.07) is 5.25. The second-order valence-electron chi connectivity index (χ2n) is 3.69. The average molecular weight is 258 g/mol. The topological polar surface area (TPSA) is 38.8 Å². The number of nitrogens with zero attached hydrogens (tertiary/aromatic N) is 1. The number of carbonyl (C=O) groups excluding carboxylic acids is 1. The Balaban J connectivity index is 2.74. The number of carbonyl (C=O) groups is 1. The third-order valence-electron chi connectivity index (χ3n) is 2.37. The van der Waals surface area contributed by atoms with Gasteiger partial charge in [-0.1, -0.05) is 11.6 Å². The summed E-state index contributed by atoms with van der Waals surface area (Å²) < 4.78 is 5.56. The first-order valence-corrected chi connectivity index (χ1v) is 5.58. The largest absolute Gasteiger partial charge is 0.481 e. The van der Waals surface area contributed by atoms with Crippen LogP contribution in [0.3, 0.4) is 0 Å². The van der Waals surface area contributed by atoms with E-state index in [0.29, 0.717) is 10.8 Å². The van der Waals surface area contributed by atoms with Crippen molar-refractivity contribution in [3.8, 4) is 5.75 Å². The minimum Gasteiger partial charge on any atom is -0.481 e. The molecule has 1 atom stereocenters. The number of rotatable bonds is 4. The number of ether oxygens (including phenoxy) is 1. The quantitative estimate of drug-likeness (QED) is 0.778. The van der Waals surface area contributed by atoms with Crippen molar-refractivity contribution in [2.45, 2.75) is 20.0 Å². The van der Waals surface area contributed by atoms with Crippen LogP contribution in [-0.4, -0.2) is 31.2 Å². The molecule has 1 amide bonds. The highest BCUT2D eigenvalue weighted by Crippen LogP contribution is 2.23. The lowest BCUT2D eigenvalue weighted by Gasteiger charge is -2.20. The summed E-state index contributed by atoms with van der Waals surface area (Å²) in [7, 11) is 2.97. The summed E-state index contributed by atoms with van der Waals surface area (Å²) in [4.78, 5) is 16.5. The summed E-state index contributed by atoms with van der Waals surface area (Å²) in [5, 5.41) is 1.78. The lowest BCUT2D eigenvalue weighted by atomic mass is 10.2. The molecule has 1 aromatic rings. The van der Waals surface area contributed by atoms with E-state index in [-0.39, 0.29) is 5.91 Å². The third kappa shape index (κ3) is 3.61. The van der Waals surface area contributed by atoms with E-state index in [2.05, 4.69) is 0 Å². The van der Waals surface area contributed by atoms with E-state index in [4.69, 9.17) is 21.2 Å². The molecule has 0 N–H and O–H groups in total. The van der Waals surface area contributed by atoms with Crippen LogP contribution < -0.4 is 4.74 Å². The molecule has 5 heteroatoms. The van der Waals surface area contributed by atoms with Gasteiger partial charge in [0, 0.05) is 12.1 Å². The van der Waals surface area contributed by atoms with Crippen molar-refractivity contribution in [1.82, 2.24) is 5.06 Å².